The van der Waals surface area contributed by atoms with E-state index in [9.17, 15) is 4.79 Å². The number of rotatable bonds is 3. The summed E-state index contributed by atoms with van der Waals surface area (Å²) < 4.78 is 5.63. The van der Waals surface area contributed by atoms with Gasteiger partial charge in [-0.1, -0.05) is 22.4 Å². The molecule has 0 amide bonds. The van der Waals surface area contributed by atoms with Gasteiger partial charge in [-0.2, -0.15) is 0 Å². The zero-order chi connectivity index (χ0) is 13.5. The Hall–Kier alpha value is -0.0900. The number of fused-ring (bicyclic) bond motifs is 1. The van der Waals surface area contributed by atoms with Gasteiger partial charge in [-0.25, -0.2) is 0 Å². The summed E-state index contributed by atoms with van der Waals surface area (Å²) in [7, 11) is 0. The number of hydrogen-bond acceptors (Lipinski definition) is 3. The predicted molar refractivity (Wildman–Crippen MR) is 78.3 cm³/mol. The van der Waals surface area contributed by atoms with Crippen molar-refractivity contribution in [3.05, 3.63) is 0 Å². The van der Waals surface area contributed by atoms with Gasteiger partial charge in [-0.05, 0) is 52.1 Å². The molecule has 2 heterocycles. The maximum atomic E-state index is 12.1. The second-order valence-electron chi connectivity index (χ2n) is 6.69. The van der Waals surface area contributed by atoms with Crippen molar-refractivity contribution in [2.75, 3.05) is 19.7 Å². The van der Waals surface area contributed by atoms with Crippen molar-refractivity contribution in [3.63, 3.8) is 0 Å². The van der Waals surface area contributed by atoms with Crippen LogP contribution in [0.5, 0.6) is 0 Å². The summed E-state index contributed by atoms with van der Waals surface area (Å²) in [6, 6.07) is 0.669. The minimum absolute atomic E-state index is 0.00214. The lowest BCUT2D eigenvalue weighted by molar-refractivity contribution is -0.152. The molecule has 1 aliphatic carbocycles. The van der Waals surface area contributed by atoms with Crippen molar-refractivity contribution in [3.8, 4) is 0 Å². The Morgan fingerprint density at radius 2 is 2.05 bits per heavy atom. The number of nitrogens with zero attached hydrogens (tertiary/aromatic N) is 1. The number of carbonyl (C=O) groups is 1. The van der Waals surface area contributed by atoms with E-state index < -0.39 is 0 Å². The van der Waals surface area contributed by atoms with E-state index in [1.54, 1.807) is 0 Å². The summed E-state index contributed by atoms with van der Waals surface area (Å²) >= 11 is 3.52. The Labute approximate surface area is 124 Å². The van der Waals surface area contributed by atoms with Gasteiger partial charge in [0.15, 0.2) is 0 Å². The van der Waals surface area contributed by atoms with Crippen molar-refractivity contribution >= 4 is 21.9 Å². The molecule has 1 saturated carbocycles. The van der Waals surface area contributed by atoms with Gasteiger partial charge in [-0.3, -0.25) is 9.69 Å². The molecule has 2 aliphatic heterocycles. The normalized spacial score (nSPS) is 42.5. The molecular weight excluding hydrogens is 306 g/mol. The third kappa shape index (κ3) is 2.71. The molecule has 0 aromatic heterocycles. The summed E-state index contributed by atoms with van der Waals surface area (Å²) in [5, 5.41) is 0. The van der Waals surface area contributed by atoms with E-state index in [-0.39, 0.29) is 11.4 Å². The minimum atomic E-state index is -0.249. The third-order valence-corrected chi connectivity index (χ3v) is 6.59. The van der Waals surface area contributed by atoms with Crippen molar-refractivity contribution < 1.29 is 9.53 Å². The molecule has 0 N–H and O–H groups in total. The first-order valence-corrected chi connectivity index (χ1v) is 8.58. The number of carbonyl (C=O) groups excluding carboxylic acids is 1. The second-order valence-corrected chi connectivity index (χ2v) is 7.79. The Bertz CT molecular complexity index is 360. The number of hydrogen-bond donors (Lipinski definition) is 0. The average Bonchev–Trinajstić information content (AvgIpc) is 3.05. The fourth-order valence-electron chi connectivity index (χ4n) is 3.64. The lowest BCUT2D eigenvalue weighted by atomic mass is 9.84. The molecule has 3 fully saturated rings. The van der Waals surface area contributed by atoms with Crippen LogP contribution in [0.3, 0.4) is 0 Å². The monoisotopic (exact) mass is 329 g/mol. The maximum absolute atomic E-state index is 12.1. The SMILES string of the molecule is C[C@@]1(C(=O)OC[C@@H]2CCCN3CCCC[C@H]23)C[C@@H]1Br. The maximum Gasteiger partial charge on any atom is 0.312 e. The van der Waals surface area contributed by atoms with E-state index in [1.165, 1.54) is 45.2 Å². The standard InChI is InChI=1S/C15H24BrNO2/c1-15(9-13(15)16)14(18)19-10-11-5-4-8-17-7-3-2-6-12(11)17/h11-13H,2-10H2,1H3/t11-,12+,13-,15+/m0/s1. The van der Waals surface area contributed by atoms with E-state index in [2.05, 4.69) is 20.8 Å². The Balaban J connectivity index is 1.53. The topological polar surface area (TPSA) is 29.5 Å². The van der Waals surface area contributed by atoms with Crippen LogP contribution >= 0.6 is 15.9 Å². The van der Waals surface area contributed by atoms with E-state index in [1.807, 2.05) is 6.92 Å². The number of ether oxygens (including phenoxy) is 1. The van der Waals surface area contributed by atoms with Gasteiger partial charge in [0.25, 0.3) is 0 Å². The molecule has 0 unspecified atom stereocenters. The summed E-state index contributed by atoms with van der Waals surface area (Å²) in [6.07, 6.45) is 7.38. The molecule has 0 spiro atoms. The Kier molecular flexibility index (Phi) is 3.91. The van der Waals surface area contributed by atoms with Crippen LogP contribution in [0.25, 0.3) is 0 Å². The highest BCUT2D eigenvalue weighted by atomic mass is 79.9. The van der Waals surface area contributed by atoms with E-state index in [0.717, 1.165) is 6.42 Å². The number of halogens is 1. The minimum Gasteiger partial charge on any atom is -0.465 e. The molecule has 0 aromatic rings. The van der Waals surface area contributed by atoms with Crippen LogP contribution in [0.2, 0.25) is 0 Å². The molecule has 0 radical (unpaired) electrons. The second kappa shape index (κ2) is 5.36. The summed E-state index contributed by atoms with van der Waals surface area (Å²) in [6.45, 7) is 5.13. The smallest absolute Gasteiger partial charge is 0.312 e. The highest BCUT2D eigenvalue weighted by Gasteiger charge is 2.56. The Morgan fingerprint density at radius 3 is 2.79 bits per heavy atom. The first-order chi connectivity index (χ1) is 9.11. The summed E-state index contributed by atoms with van der Waals surface area (Å²) in [4.78, 5) is 15.0. The zero-order valence-corrected chi connectivity index (χ0v) is 13.3. The molecule has 3 nitrogen and oxygen atoms in total. The first-order valence-electron chi connectivity index (χ1n) is 7.66. The lowest BCUT2D eigenvalue weighted by Gasteiger charge is -2.44. The number of alkyl halides is 1. The van der Waals surface area contributed by atoms with Crippen molar-refractivity contribution in [1.29, 1.82) is 0 Å². The molecule has 4 heteroatoms. The van der Waals surface area contributed by atoms with Gasteiger partial charge >= 0.3 is 5.97 Å². The number of piperidine rings is 2. The molecule has 108 valence electrons. The molecule has 3 rings (SSSR count). The summed E-state index contributed by atoms with van der Waals surface area (Å²) in [5.74, 6) is 0.566. The molecule has 19 heavy (non-hydrogen) atoms. The van der Waals surface area contributed by atoms with Crippen molar-refractivity contribution in [2.24, 2.45) is 11.3 Å². The van der Waals surface area contributed by atoms with Crippen molar-refractivity contribution in [2.45, 2.75) is 56.3 Å². The van der Waals surface area contributed by atoms with E-state index in [4.69, 9.17) is 4.74 Å². The van der Waals surface area contributed by atoms with E-state index >= 15 is 0 Å². The van der Waals surface area contributed by atoms with Gasteiger partial charge in [0.05, 0.1) is 12.0 Å². The van der Waals surface area contributed by atoms with Gasteiger partial charge in [0.1, 0.15) is 0 Å². The van der Waals surface area contributed by atoms with Crippen LogP contribution in [0, 0.1) is 11.3 Å². The average molecular weight is 330 g/mol. The van der Waals surface area contributed by atoms with Crippen LogP contribution in [0.4, 0.5) is 0 Å². The fraction of sp³-hybridized carbons (Fsp3) is 0.933. The fourth-order valence-corrected chi connectivity index (χ4v) is 4.50. The van der Waals surface area contributed by atoms with Crippen LogP contribution in [0.15, 0.2) is 0 Å². The van der Waals surface area contributed by atoms with Crippen LogP contribution < -0.4 is 0 Å². The third-order valence-electron chi connectivity index (χ3n) is 5.26. The molecule has 4 atom stereocenters. The predicted octanol–water partition coefficient (Wildman–Crippen LogP) is 2.97. The molecule has 0 aromatic carbocycles. The van der Waals surface area contributed by atoms with Gasteiger partial charge in [0, 0.05) is 16.8 Å². The zero-order valence-electron chi connectivity index (χ0n) is 11.7. The van der Waals surface area contributed by atoms with Gasteiger partial charge in [0.2, 0.25) is 0 Å². The Morgan fingerprint density at radius 1 is 1.32 bits per heavy atom. The quantitative estimate of drug-likeness (QED) is 0.589. The van der Waals surface area contributed by atoms with Crippen LogP contribution in [0.1, 0.15) is 45.4 Å². The highest BCUT2D eigenvalue weighted by Crippen LogP contribution is 2.52. The number of esters is 1. The first kappa shape index (κ1) is 13.9. The molecule has 2 saturated heterocycles. The molecular formula is C15H24BrNO2. The van der Waals surface area contributed by atoms with Gasteiger partial charge < -0.3 is 4.74 Å². The largest absolute Gasteiger partial charge is 0.465 e. The van der Waals surface area contributed by atoms with Crippen LogP contribution in [-0.2, 0) is 9.53 Å². The molecule has 3 aliphatic rings. The molecule has 0 bridgehead atoms. The summed E-state index contributed by atoms with van der Waals surface area (Å²) in [5.41, 5.74) is -0.249. The van der Waals surface area contributed by atoms with Crippen molar-refractivity contribution in [1.82, 2.24) is 4.90 Å². The lowest BCUT2D eigenvalue weighted by Crippen LogP contribution is -2.49. The highest BCUT2D eigenvalue weighted by molar-refractivity contribution is 9.09. The van der Waals surface area contributed by atoms with E-state index in [0.29, 0.717) is 23.4 Å². The van der Waals surface area contributed by atoms with Gasteiger partial charge in [-0.15, -0.1) is 0 Å². The van der Waals surface area contributed by atoms with Crippen LogP contribution in [-0.4, -0.2) is 41.4 Å².